The Morgan fingerprint density at radius 2 is 1.83 bits per heavy atom. The lowest BCUT2D eigenvalue weighted by molar-refractivity contribution is 0.411. The molecule has 0 aromatic heterocycles. The lowest BCUT2D eigenvalue weighted by atomic mass is 10.0. The van der Waals surface area contributed by atoms with Crippen LogP contribution >= 0.6 is 0 Å². The smallest absolute Gasteiger partial charge is 0.264 e. The highest BCUT2D eigenvalue weighted by molar-refractivity contribution is 7.92. The van der Waals surface area contributed by atoms with Gasteiger partial charge in [-0.15, -0.1) is 0 Å². The molecule has 1 heterocycles. The first-order valence-electron chi connectivity index (χ1n) is 7.71. The maximum atomic E-state index is 13.2. The van der Waals surface area contributed by atoms with E-state index >= 15 is 0 Å². The monoisotopic (exact) mass is 331 g/mol. The van der Waals surface area contributed by atoms with E-state index < -0.39 is 10.0 Å². The molecule has 0 amide bonds. The molecule has 0 bridgehead atoms. The van der Waals surface area contributed by atoms with Gasteiger partial charge in [-0.25, -0.2) is 8.42 Å². The Labute approximate surface area is 137 Å². The summed E-state index contributed by atoms with van der Waals surface area (Å²) in [5, 5.41) is 0. The summed E-state index contributed by atoms with van der Waals surface area (Å²) in [5.41, 5.74) is 3.41. The number of hydrogen-bond donors (Lipinski definition) is 0. The number of hydrogen-bond acceptors (Lipinski definition) is 3. The molecule has 2 aromatic rings. The Morgan fingerprint density at radius 1 is 1.09 bits per heavy atom. The van der Waals surface area contributed by atoms with Crippen LogP contribution < -0.4 is 9.04 Å². The van der Waals surface area contributed by atoms with Crippen molar-refractivity contribution in [2.24, 2.45) is 0 Å². The van der Waals surface area contributed by atoms with Gasteiger partial charge in [-0.2, -0.15) is 0 Å². The summed E-state index contributed by atoms with van der Waals surface area (Å²) in [5.74, 6) is 0.709. The minimum absolute atomic E-state index is 0.354. The van der Waals surface area contributed by atoms with Crippen LogP contribution in [0.3, 0.4) is 0 Å². The predicted octanol–water partition coefficient (Wildman–Crippen LogP) is 3.45. The predicted molar refractivity (Wildman–Crippen MR) is 91.8 cm³/mol. The molecule has 0 radical (unpaired) electrons. The maximum absolute atomic E-state index is 13.2. The molecule has 0 unspecified atom stereocenters. The quantitative estimate of drug-likeness (QED) is 0.865. The van der Waals surface area contributed by atoms with Crippen LogP contribution in [0.2, 0.25) is 0 Å². The van der Waals surface area contributed by atoms with E-state index in [1.54, 1.807) is 23.5 Å². The number of fused-ring (bicyclic) bond motifs is 1. The van der Waals surface area contributed by atoms with Crippen LogP contribution in [-0.2, 0) is 16.4 Å². The first-order valence-corrected chi connectivity index (χ1v) is 9.15. The molecule has 5 heteroatoms. The van der Waals surface area contributed by atoms with E-state index in [4.69, 9.17) is 4.74 Å². The lowest BCUT2D eigenvalue weighted by Crippen LogP contribution is -2.35. The molecule has 122 valence electrons. The van der Waals surface area contributed by atoms with Crippen LogP contribution in [0.1, 0.15) is 23.1 Å². The van der Waals surface area contributed by atoms with E-state index in [9.17, 15) is 8.42 Å². The van der Waals surface area contributed by atoms with Crippen LogP contribution in [-0.4, -0.2) is 22.1 Å². The Balaban J connectivity index is 2.12. The third kappa shape index (κ3) is 2.70. The Morgan fingerprint density at radius 3 is 2.57 bits per heavy atom. The first kappa shape index (κ1) is 15.9. The van der Waals surface area contributed by atoms with Crippen molar-refractivity contribution in [1.29, 1.82) is 0 Å². The number of methoxy groups -OCH3 is 1. The van der Waals surface area contributed by atoms with Crippen molar-refractivity contribution in [1.82, 2.24) is 0 Å². The molecule has 0 aliphatic carbocycles. The Kier molecular flexibility index (Phi) is 4.06. The zero-order chi connectivity index (χ0) is 16.6. The number of rotatable bonds is 3. The van der Waals surface area contributed by atoms with Gasteiger partial charge in [-0.05, 0) is 61.6 Å². The van der Waals surface area contributed by atoms with Gasteiger partial charge in [-0.3, -0.25) is 4.31 Å². The molecule has 0 N–H and O–H groups in total. The molecule has 2 aromatic carbocycles. The maximum Gasteiger partial charge on any atom is 0.264 e. The molecular formula is C18H21NO3S. The third-order valence-electron chi connectivity index (χ3n) is 4.33. The van der Waals surface area contributed by atoms with Gasteiger partial charge in [0, 0.05) is 6.54 Å². The molecule has 1 aliphatic heterocycles. The molecule has 0 saturated carbocycles. The summed E-state index contributed by atoms with van der Waals surface area (Å²) in [6, 6.07) is 11.2. The fraction of sp³-hybridized carbons (Fsp3) is 0.333. The largest absolute Gasteiger partial charge is 0.496 e. The van der Waals surface area contributed by atoms with Crippen LogP contribution in [0.15, 0.2) is 41.3 Å². The molecular weight excluding hydrogens is 310 g/mol. The Hall–Kier alpha value is -2.01. The van der Waals surface area contributed by atoms with E-state index in [1.807, 2.05) is 38.1 Å². The van der Waals surface area contributed by atoms with Crippen molar-refractivity contribution in [2.75, 3.05) is 18.0 Å². The molecule has 3 rings (SSSR count). The number of aryl methyl sites for hydroxylation is 3. The highest BCUT2D eigenvalue weighted by Crippen LogP contribution is 2.34. The van der Waals surface area contributed by atoms with Gasteiger partial charge in [-0.1, -0.05) is 18.2 Å². The summed E-state index contributed by atoms with van der Waals surface area (Å²) in [4.78, 5) is 0.354. The minimum atomic E-state index is -3.58. The van der Waals surface area contributed by atoms with Crippen LogP contribution in [0.5, 0.6) is 5.75 Å². The first-order chi connectivity index (χ1) is 10.9. The fourth-order valence-electron chi connectivity index (χ4n) is 3.13. The van der Waals surface area contributed by atoms with Crippen molar-refractivity contribution in [2.45, 2.75) is 31.6 Å². The van der Waals surface area contributed by atoms with E-state index in [1.165, 1.54) is 0 Å². The second kappa shape index (κ2) is 5.89. The van der Waals surface area contributed by atoms with E-state index in [0.717, 1.165) is 29.7 Å². The molecule has 0 atom stereocenters. The number of sulfonamides is 1. The molecule has 23 heavy (non-hydrogen) atoms. The highest BCUT2D eigenvalue weighted by Gasteiger charge is 2.30. The van der Waals surface area contributed by atoms with Gasteiger partial charge < -0.3 is 4.74 Å². The molecule has 0 spiro atoms. The average Bonchev–Trinajstić information content (AvgIpc) is 2.55. The topological polar surface area (TPSA) is 46.6 Å². The fourth-order valence-corrected chi connectivity index (χ4v) is 4.96. The zero-order valence-corrected chi connectivity index (χ0v) is 14.5. The number of benzene rings is 2. The van der Waals surface area contributed by atoms with Gasteiger partial charge in [0.05, 0.1) is 17.7 Å². The summed E-state index contributed by atoms with van der Waals surface area (Å²) in [6.45, 7) is 4.19. The van der Waals surface area contributed by atoms with Gasteiger partial charge in [0.25, 0.3) is 10.0 Å². The highest BCUT2D eigenvalue weighted by atomic mass is 32.2. The van der Waals surface area contributed by atoms with E-state index in [-0.39, 0.29) is 0 Å². The zero-order valence-electron chi connectivity index (χ0n) is 13.7. The summed E-state index contributed by atoms with van der Waals surface area (Å²) in [7, 11) is -1.98. The van der Waals surface area contributed by atoms with E-state index in [0.29, 0.717) is 22.8 Å². The van der Waals surface area contributed by atoms with Crippen molar-refractivity contribution in [3.63, 3.8) is 0 Å². The summed E-state index contributed by atoms with van der Waals surface area (Å²) >= 11 is 0. The van der Waals surface area contributed by atoms with Gasteiger partial charge >= 0.3 is 0 Å². The van der Waals surface area contributed by atoms with Crippen molar-refractivity contribution in [3.8, 4) is 5.75 Å². The average molecular weight is 331 g/mol. The summed E-state index contributed by atoms with van der Waals surface area (Å²) < 4.78 is 33.2. The second-order valence-electron chi connectivity index (χ2n) is 5.90. The van der Waals surface area contributed by atoms with Crippen molar-refractivity contribution >= 4 is 15.7 Å². The van der Waals surface area contributed by atoms with Gasteiger partial charge in [0.1, 0.15) is 5.75 Å². The Bertz CT molecular complexity index is 843. The molecule has 0 fully saturated rings. The van der Waals surface area contributed by atoms with Crippen molar-refractivity contribution in [3.05, 3.63) is 53.1 Å². The number of ether oxygens (including phenoxy) is 1. The minimum Gasteiger partial charge on any atom is -0.496 e. The van der Waals surface area contributed by atoms with Crippen LogP contribution in [0, 0.1) is 13.8 Å². The number of anilines is 1. The molecule has 1 aliphatic rings. The number of para-hydroxylation sites is 1. The standard InChI is InChI=1S/C18H21NO3S/c1-13-12-18(14(2)11-17(13)22-3)23(20,21)19-10-6-8-15-7-4-5-9-16(15)19/h4-5,7,9,11-12H,6,8,10H2,1-3H3. The lowest BCUT2D eigenvalue weighted by Gasteiger charge is -2.31. The van der Waals surface area contributed by atoms with Gasteiger partial charge in [0.2, 0.25) is 0 Å². The van der Waals surface area contributed by atoms with Crippen LogP contribution in [0.4, 0.5) is 5.69 Å². The molecule has 4 nitrogen and oxygen atoms in total. The molecule has 0 saturated heterocycles. The van der Waals surface area contributed by atoms with Crippen molar-refractivity contribution < 1.29 is 13.2 Å². The number of nitrogens with zero attached hydrogens (tertiary/aromatic N) is 1. The normalized spacial score (nSPS) is 14.5. The SMILES string of the molecule is COc1cc(C)c(S(=O)(=O)N2CCCc3ccccc32)cc1C. The third-order valence-corrected chi connectivity index (χ3v) is 6.28. The van der Waals surface area contributed by atoms with Gasteiger partial charge in [0.15, 0.2) is 0 Å². The van der Waals surface area contributed by atoms with Crippen LogP contribution in [0.25, 0.3) is 0 Å². The second-order valence-corrected chi connectivity index (χ2v) is 7.73. The van der Waals surface area contributed by atoms with E-state index in [2.05, 4.69) is 0 Å². The summed E-state index contributed by atoms with van der Waals surface area (Å²) in [6.07, 6.45) is 1.76.